The molecule has 2 spiro atoms. The molecule has 49 heavy (non-hydrogen) atoms. The van der Waals surface area contributed by atoms with Crippen LogP contribution in [0.1, 0.15) is 74.1 Å². The number of aromatic nitrogens is 4. The first-order valence-electron chi connectivity index (χ1n) is 15.4. The number of Topliss-reactive ketones (excluding diaryl/α,β-unsaturated/α-hetero) is 2. The zero-order valence-corrected chi connectivity index (χ0v) is 29.4. The molecule has 0 saturated carbocycles. The SMILES string of the molecule is C.C.Clc1ncccn1.O=C1CC2(CCN(c3ncccn3)CC2)Oc2ccc(Br)cc21.O=C1CC2(CCNCC2)Oc2ccc(Br)cc21. The molecule has 2 fully saturated rings. The van der Waals surface area contributed by atoms with E-state index in [0.717, 1.165) is 72.5 Å². The summed E-state index contributed by atoms with van der Waals surface area (Å²) in [6, 6.07) is 14.8. The molecular formula is C36H41Br2ClN6O4. The molecule has 0 atom stereocenters. The number of benzene rings is 2. The lowest BCUT2D eigenvalue weighted by Crippen LogP contribution is -2.51. The first kappa shape index (κ1) is 38.4. The molecule has 4 aliphatic rings. The predicted molar refractivity (Wildman–Crippen MR) is 199 cm³/mol. The van der Waals surface area contributed by atoms with Crippen LogP contribution in [-0.2, 0) is 0 Å². The lowest BCUT2D eigenvalue weighted by Gasteiger charge is -2.43. The smallest absolute Gasteiger partial charge is 0.225 e. The van der Waals surface area contributed by atoms with E-state index in [1.54, 1.807) is 30.9 Å². The summed E-state index contributed by atoms with van der Waals surface area (Å²) in [6.07, 6.45) is 11.1. The van der Waals surface area contributed by atoms with Crippen molar-refractivity contribution in [3.63, 3.8) is 0 Å². The van der Waals surface area contributed by atoms with Gasteiger partial charge in [0.2, 0.25) is 11.2 Å². The summed E-state index contributed by atoms with van der Waals surface area (Å²) < 4.78 is 14.2. The standard InChI is InChI=1S/C17H16BrN3O2.C13H14BrNO2.C4H3ClN2.2CH4/c18-12-2-3-15-13(10-12)14(22)11-17(23-15)4-8-21(9-5-17)16-19-6-1-7-20-16;14-9-1-2-12-10(7-9)11(16)8-13(17-12)3-5-15-6-4-13;5-4-6-2-1-3-7-4;;/h1-3,6-7,10H,4-5,8-9,11H2;1-2,7,15H,3-6,8H2;1-3H;2*1H4. The largest absolute Gasteiger partial charge is 0.486 e. The number of fused-ring (bicyclic) bond motifs is 2. The third-order valence-corrected chi connectivity index (χ3v) is 9.84. The Morgan fingerprint density at radius 1 is 0.694 bits per heavy atom. The van der Waals surface area contributed by atoms with Gasteiger partial charge in [-0.05, 0) is 73.2 Å². The van der Waals surface area contributed by atoms with Gasteiger partial charge in [-0.25, -0.2) is 19.9 Å². The van der Waals surface area contributed by atoms with Crippen molar-refractivity contribution in [1.29, 1.82) is 0 Å². The van der Waals surface area contributed by atoms with E-state index in [-0.39, 0.29) is 37.6 Å². The van der Waals surface area contributed by atoms with Crippen molar-refractivity contribution in [3.05, 3.63) is 98.7 Å². The molecule has 2 aromatic carbocycles. The van der Waals surface area contributed by atoms with E-state index < -0.39 is 0 Å². The fraction of sp³-hybridized carbons (Fsp3) is 0.389. The van der Waals surface area contributed by atoms with Crippen LogP contribution in [-0.4, -0.2) is 68.9 Å². The minimum Gasteiger partial charge on any atom is -0.486 e. The number of hydrogen-bond donors (Lipinski definition) is 1. The Morgan fingerprint density at radius 3 is 1.59 bits per heavy atom. The molecule has 0 bridgehead atoms. The molecule has 13 heteroatoms. The average Bonchev–Trinajstić information content (AvgIpc) is 3.08. The maximum Gasteiger partial charge on any atom is 0.225 e. The van der Waals surface area contributed by atoms with Crippen LogP contribution in [0.3, 0.4) is 0 Å². The number of halogens is 3. The molecule has 8 rings (SSSR count). The number of nitrogens with zero attached hydrogens (tertiary/aromatic N) is 5. The second kappa shape index (κ2) is 17.0. The van der Waals surface area contributed by atoms with Crippen molar-refractivity contribution in [2.45, 2.75) is 64.6 Å². The van der Waals surface area contributed by atoms with Gasteiger partial charge < -0.3 is 19.7 Å². The number of ketones is 2. The van der Waals surface area contributed by atoms with Crippen LogP contribution in [0.15, 0.2) is 82.3 Å². The minimum atomic E-state index is -0.386. The van der Waals surface area contributed by atoms with Crippen LogP contribution < -0.4 is 19.7 Å². The minimum absolute atomic E-state index is 0. The van der Waals surface area contributed by atoms with Gasteiger partial charge in [0, 0.05) is 72.5 Å². The fourth-order valence-electron chi connectivity index (χ4n) is 6.22. The molecular weight excluding hydrogens is 776 g/mol. The second-order valence-corrected chi connectivity index (χ2v) is 14.0. The lowest BCUT2D eigenvalue weighted by molar-refractivity contribution is 0.0186. The van der Waals surface area contributed by atoms with Gasteiger partial charge in [0.15, 0.2) is 11.6 Å². The molecule has 0 unspecified atom stereocenters. The van der Waals surface area contributed by atoms with Crippen molar-refractivity contribution in [2.24, 2.45) is 0 Å². The lowest BCUT2D eigenvalue weighted by atomic mass is 9.82. The first-order valence-corrected chi connectivity index (χ1v) is 17.4. The number of nitrogens with one attached hydrogen (secondary N) is 1. The zero-order valence-electron chi connectivity index (χ0n) is 25.5. The third-order valence-electron chi connectivity index (χ3n) is 8.66. The van der Waals surface area contributed by atoms with Crippen molar-refractivity contribution in [3.8, 4) is 11.5 Å². The van der Waals surface area contributed by atoms with Gasteiger partial charge in [0.25, 0.3) is 0 Å². The van der Waals surface area contributed by atoms with Crippen LogP contribution in [0.4, 0.5) is 5.95 Å². The Kier molecular flexibility index (Phi) is 13.3. The van der Waals surface area contributed by atoms with Gasteiger partial charge >= 0.3 is 0 Å². The maximum atomic E-state index is 12.5. The highest BCUT2D eigenvalue weighted by Crippen LogP contribution is 2.41. The third kappa shape index (κ3) is 9.42. The van der Waals surface area contributed by atoms with Gasteiger partial charge in [-0.15, -0.1) is 0 Å². The highest BCUT2D eigenvalue weighted by atomic mass is 79.9. The number of rotatable bonds is 1. The summed E-state index contributed by atoms with van der Waals surface area (Å²) in [6.45, 7) is 3.45. The quantitative estimate of drug-likeness (QED) is 0.189. The van der Waals surface area contributed by atoms with Gasteiger partial charge in [-0.2, -0.15) is 0 Å². The molecule has 0 amide bonds. The van der Waals surface area contributed by atoms with Gasteiger partial charge in [0.05, 0.1) is 24.0 Å². The topological polar surface area (TPSA) is 119 Å². The predicted octanol–water partition coefficient (Wildman–Crippen LogP) is 8.18. The summed E-state index contributed by atoms with van der Waals surface area (Å²) >= 11 is 12.1. The van der Waals surface area contributed by atoms with E-state index in [1.165, 1.54) is 0 Å². The summed E-state index contributed by atoms with van der Waals surface area (Å²) in [5.41, 5.74) is 0.745. The van der Waals surface area contributed by atoms with E-state index in [9.17, 15) is 9.59 Å². The normalized spacial score (nSPS) is 18.0. The highest BCUT2D eigenvalue weighted by Gasteiger charge is 2.44. The highest BCUT2D eigenvalue weighted by molar-refractivity contribution is 9.10. The van der Waals surface area contributed by atoms with E-state index in [4.69, 9.17) is 21.1 Å². The fourth-order valence-corrected chi connectivity index (χ4v) is 7.06. The van der Waals surface area contributed by atoms with Crippen molar-refractivity contribution < 1.29 is 19.1 Å². The average molecular weight is 817 g/mol. The van der Waals surface area contributed by atoms with Gasteiger partial charge in [-0.1, -0.05) is 46.7 Å². The Bertz CT molecular complexity index is 1720. The maximum absolute atomic E-state index is 12.5. The molecule has 0 radical (unpaired) electrons. The molecule has 1 N–H and O–H groups in total. The van der Waals surface area contributed by atoms with E-state index in [2.05, 4.69) is 62.0 Å². The number of hydrogen-bond acceptors (Lipinski definition) is 10. The number of carbonyl (C=O) groups is 2. The summed E-state index contributed by atoms with van der Waals surface area (Å²) in [7, 11) is 0. The number of anilines is 1. The molecule has 4 aliphatic heterocycles. The van der Waals surface area contributed by atoms with Gasteiger partial charge in [0.1, 0.15) is 22.7 Å². The number of ether oxygens (including phenoxy) is 2. The molecule has 260 valence electrons. The Hall–Kier alpha value is -3.45. The monoisotopic (exact) mass is 814 g/mol. The van der Waals surface area contributed by atoms with Crippen LogP contribution in [0, 0.1) is 0 Å². The number of carbonyl (C=O) groups excluding carboxylic acids is 2. The Balaban J connectivity index is 0.000000183. The van der Waals surface area contributed by atoms with Crippen molar-refractivity contribution in [2.75, 3.05) is 31.1 Å². The van der Waals surface area contributed by atoms with Gasteiger partial charge in [-0.3, -0.25) is 9.59 Å². The first-order chi connectivity index (χ1) is 22.7. The molecule has 0 aliphatic carbocycles. The number of piperidine rings is 2. The molecule has 2 aromatic heterocycles. The van der Waals surface area contributed by atoms with E-state index in [0.29, 0.717) is 35.0 Å². The van der Waals surface area contributed by atoms with Crippen LogP contribution in [0.2, 0.25) is 5.28 Å². The van der Waals surface area contributed by atoms with Crippen molar-refractivity contribution in [1.82, 2.24) is 25.3 Å². The molecule has 6 heterocycles. The summed E-state index contributed by atoms with van der Waals surface area (Å²) in [5, 5.41) is 3.60. The zero-order chi connectivity index (χ0) is 32.9. The summed E-state index contributed by atoms with van der Waals surface area (Å²) in [4.78, 5) is 42.7. The Morgan fingerprint density at radius 2 is 1.14 bits per heavy atom. The van der Waals surface area contributed by atoms with Crippen molar-refractivity contribution >= 4 is 61.0 Å². The Labute approximate surface area is 309 Å². The molecule has 10 nitrogen and oxygen atoms in total. The van der Waals surface area contributed by atoms with Crippen LogP contribution >= 0.6 is 43.5 Å². The molecule has 2 saturated heterocycles. The molecule has 4 aromatic rings. The second-order valence-electron chi connectivity index (χ2n) is 11.9. The summed E-state index contributed by atoms with van der Waals surface area (Å²) in [5.74, 6) is 2.56. The van der Waals surface area contributed by atoms with E-state index in [1.807, 2.05) is 42.5 Å². The van der Waals surface area contributed by atoms with Crippen LogP contribution in [0.25, 0.3) is 0 Å². The van der Waals surface area contributed by atoms with Crippen LogP contribution in [0.5, 0.6) is 11.5 Å². The van der Waals surface area contributed by atoms with E-state index >= 15 is 0 Å².